The molecular formula is C16H30OSi. The van der Waals surface area contributed by atoms with Crippen LogP contribution in [0.4, 0.5) is 0 Å². The van der Waals surface area contributed by atoms with Gasteiger partial charge in [0.15, 0.2) is 8.32 Å². The molecule has 0 spiro atoms. The fourth-order valence-electron chi connectivity index (χ4n) is 1.49. The largest absolute Gasteiger partial charge is 0.402 e. The minimum atomic E-state index is -1.78. The quantitative estimate of drug-likeness (QED) is 0.395. The lowest BCUT2D eigenvalue weighted by Crippen LogP contribution is -2.47. The van der Waals surface area contributed by atoms with Gasteiger partial charge < -0.3 is 4.43 Å². The Bertz CT molecular complexity index is 348. The summed E-state index contributed by atoms with van der Waals surface area (Å²) in [6.45, 7) is 19.7. The van der Waals surface area contributed by atoms with Crippen molar-refractivity contribution in [1.82, 2.24) is 0 Å². The van der Waals surface area contributed by atoms with E-state index in [0.29, 0.717) is 0 Å². The average molecular weight is 267 g/mol. The van der Waals surface area contributed by atoms with Crippen molar-refractivity contribution in [3.63, 3.8) is 0 Å². The van der Waals surface area contributed by atoms with Crippen LogP contribution in [0.25, 0.3) is 0 Å². The van der Waals surface area contributed by atoms with Crippen LogP contribution in [-0.4, -0.2) is 14.4 Å². The minimum Gasteiger partial charge on any atom is -0.402 e. The molecule has 0 saturated heterocycles. The van der Waals surface area contributed by atoms with Gasteiger partial charge in [0.25, 0.3) is 0 Å². The minimum absolute atomic E-state index is 0.0282. The van der Waals surface area contributed by atoms with E-state index in [1.165, 1.54) is 0 Å². The third-order valence-corrected chi connectivity index (χ3v) is 8.20. The molecular weight excluding hydrogens is 236 g/mol. The summed E-state index contributed by atoms with van der Waals surface area (Å²) in [5.74, 6) is 6.27. The molecule has 1 nitrogen and oxygen atoms in total. The van der Waals surface area contributed by atoms with Crippen molar-refractivity contribution in [3.05, 3.63) is 12.2 Å². The molecule has 0 radical (unpaired) electrons. The predicted octanol–water partition coefficient (Wildman–Crippen LogP) is 5.00. The Morgan fingerprint density at radius 1 is 1.11 bits per heavy atom. The van der Waals surface area contributed by atoms with Gasteiger partial charge >= 0.3 is 0 Å². The molecule has 1 unspecified atom stereocenters. The Balaban J connectivity index is 5.23. The Morgan fingerprint density at radius 2 is 1.61 bits per heavy atom. The summed E-state index contributed by atoms with van der Waals surface area (Å²) in [6.07, 6.45) is 4.24. The molecule has 0 heterocycles. The first-order valence-corrected chi connectivity index (χ1v) is 9.62. The maximum Gasteiger partial charge on any atom is 0.193 e. The highest BCUT2D eigenvalue weighted by Crippen LogP contribution is 2.39. The highest BCUT2D eigenvalue weighted by atomic mass is 28.4. The first-order valence-electron chi connectivity index (χ1n) is 6.72. The molecule has 0 aliphatic heterocycles. The van der Waals surface area contributed by atoms with E-state index in [1.54, 1.807) is 0 Å². The van der Waals surface area contributed by atoms with E-state index in [9.17, 15) is 0 Å². The molecule has 0 aromatic rings. The molecule has 0 aromatic heterocycles. The molecule has 0 aliphatic rings. The van der Waals surface area contributed by atoms with Crippen LogP contribution in [0, 0.1) is 17.3 Å². The first kappa shape index (κ1) is 17.5. The van der Waals surface area contributed by atoms with Crippen molar-refractivity contribution in [3.8, 4) is 11.8 Å². The van der Waals surface area contributed by atoms with Gasteiger partial charge in [0.1, 0.15) is 6.10 Å². The summed E-state index contributed by atoms with van der Waals surface area (Å²) in [5.41, 5.74) is -0.0483. The van der Waals surface area contributed by atoms with Crippen molar-refractivity contribution >= 4 is 8.32 Å². The fourth-order valence-corrected chi connectivity index (χ4v) is 2.79. The van der Waals surface area contributed by atoms with Gasteiger partial charge in [-0.1, -0.05) is 52.7 Å². The summed E-state index contributed by atoms with van der Waals surface area (Å²) in [4.78, 5) is 0. The van der Waals surface area contributed by atoms with Crippen LogP contribution in [-0.2, 0) is 4.43 Å². The van der Waals surface area contributed by atoms with Crippen molar-refractivity contribution in [2.45, 2.75) is 72.7 Å². The van der Waals surface area contributed by atoms with Crippen LogP contribution in [0.5, 0.6) is 0 Å². The third-order valence-electron chi connectivity index (χ3n) is 3.77. The second-order valence-electron chi connectivity index (χ2n) is 6.97. The van der Waals surface area contributed by atoms with E-state index in [2.05, 4.69) is 71.7 Å². The summed E-state index contributed by atoms with van der Waals surface area (Å²) in [6, 6.07) is 0. The van der Waals surface area contributed by atoms with E-state index < -0.39 is 8.32 Å². The van der Waals surface area contributed by atoms with Gasteiger partial charge in [0, 0.05) is 5.41 Å². The van der Waals surface area contributed by atoms with Gasteiger partial charge in [-0.25, -0.2) is 0 Å². The SMILES string of the molecule is CC#CC(O[Si](C)(C)C(C)(C)C)C(C)(C)/C=C/C. The van der Waals surface area contributed by atoms with Gasteiger partial charge in [-0.3, -0.25) is 0 Å². The summed E-state index contributed by atoms with van der Waals surface area (Å²) in [5, 5.41) is 0.215. The Morgan fingerprint density at radius 3 is 1.94 bits per heavy atom. The van der Waals surface area contributed by atoms with Crippen molar-refractivity contribution < 1.29 is 4.43 Å². The lowest BCUT2D eigenvalue weighted by Gasteiger charge is -2.41. The van der Waals surface area contributed by atoms with Crippen LogP contribution < -0.4 is 0 Å². The van der Waals surface area contributed by atoms with Crippen molar-refractivity contribution in [1.29, 1.82) is 0 Å². The van der Waals surface area contributed by atoms with Crippen LogP contribution >= 0.6 is 0 Å². The Labute approximate surface area is 115 Å². The van der Waals surface area contributed by atoms with Crippen molar-refractivity contribution in [2.24, 2.45) is 5.41 Å². The van der Waals surface area contributed by atoms with Gasteiger partial charge in [0.05, 0.1) is 0 Å². The molecule has 18 heavy (non-hydrogen) atoms. The van der Waals surface area contributed by atoms with E-state index in [0.717, 1.165) is 0 Å². The molecule has 0 amide bonds. The summed E-state index contributed by atoms with van der Waals surface area (Å²) < 4.78 is 6.47. The van der Waals surface area contributed by atoms with Gasteiger partial charge in [-0.05, 0) is 32.0 Å². The van der Waals surface area contributed by atoms with Crippen LogP contribution in [0.2, 0.25) is 18.1 Å². The van der Waals surface area contributed by atoms with E-state index in [-0.39, 0.29) is 16.6 Å². The van der Waals surface area contributed by atoms with Crippen LogP contribution in [0.3, 0.4) is 0 Å². The van der Waals surface area contributed by atoms with E-state index in [1.807, 2.05) is 13.8 Å². The molecule has 0 aromatic carbocycles. The zero-order valence-corrected chi connectivity index (χ0v) is 14.6. The Kier molecular flexibility index (Phi) is 5.90. The predicted molar refractivity (Wildman–Crippen MR) is 84.1 cm³/mol. The highest BCUT2D eigenvalue weighted by molar-refractivity contribution is 6.74. The average Bonchev–Trinajstić information content (AvgIpc) is 2.14. The number of hydrogen-bond donors (Lipinski definition) is 0. The zero-order valence-electron chi connectivity index (χ0n) is 13.6. The van der Waals surface area contributed by atoms with Crippen molar-refractivity contribution in [2.75, 3.05) is 0 Å². The lowest BCUT2D eigenvalue weighted by molar-refractivity contribution is 0.142. The van der Waals surface area contributed by atoms with E-state index in [4.69, 9.17) is 4.43 Å². The van der Waals surface area contributed by atoms with E-state index >= 15 is 0 Å². The number of rotatable bonds is 4. The molecule has 0 bridgehead atoms. The van der Waals surface area contributed by atoms with Gasteiger partial charge in [0.2, 0.25) is 0 Å². The van der Waals surface area contributed by atoms with Crippen LogP contribution in [0.15, 0.2) is 12.2 Å². The highest BCUT2D eigenvalue weighted by Gasteiger charge is 2.41. The van der Waals surface area contributed by atoms with Gasteiger partial charge in [-0.2, -0.15) is 0 Å². The lowest BCUT2D eigenvalue weighted by atomic mass is 9.86. The molecule has 2 heteroatoms. The molecule has 0 saturated carbocycles. The zero-order chi connectivity index (χ0) is 14.6. The molecule has 1 atom stereocenters. The second-order valence-corrected chi connectivity index (χ2v) is 11.7. The summed E-state index contributed by atoms with van der Waals surface area (Å²) in [7, 11) is -1.78. The first-order chi connectivity index (χ1) is 7.98. The molecule has 0 N–H and O–H groups in total. The number of hydrogen-bond acceptors (Lipinski definition) is 1. The second kappa shape index (κ2) is 6.08. The monoisotopic (exact) mass is 266 g/mol. The standard InChI is InChI=1S/C16H30OSi/c1-10-12-14(16(6,7)13-11-2)17-18(8,9)15(3,4)5/h11,13-14H,1-9H3/b13-11+. The molecule has 0 rings (SSSR count). The molecule has 0 fully saturated rings. The Hall–Kier alpha value is -0.523. The maximum atomic E-state index is 6.47. The normalized spacial score (nSPS) is 15.4. The third kappa shape index (κ3) is 4.63. The molecule has 104 valence electrons. The number of allylic oxidation sites excluding steroid dienone is 1. The fraction of sp³-hybridized carbons (Fsp3) is 0.750. The topological polar surface area (TPSA) is 9.23 Å². The molecule has 0 aliphatic carbocycles. The maximum absolute atomic E-state index is 6.47. The smallest absolute Gasteiger partial charge is 0.193 e. The van der Waals surface area contributed by atoms with Gasteiger partial charge in [-0.15, -0.1) is 5.92 Å². The van der Waals surface area contributed by atoms with Crippen LogP contribution in [0.1, 0.15) is 48.5 Å². The summed E-state index contributed by atoms with van der Waals surface area (Å²) >= 11 is 0.